The minimum Gasteiger partial charge on any atom is -0.479 e. The van der Waals surface area contributed by atoms with Crippen molar-refractivity contribution in [3.63, 3.8) is 0 Å². The van der Waals surface area contributed by atoms with Crippen LogP contribution in [0.3, 0.4) is 0 Å². The molecule has 120 valence electrons. The molecule has 8 heteroatoms. The fourth-order valence-electron chi connectivity index (χ4n) is 2.16. The highest BCUT2D eigenvalue weighted by Crippen LogP contribution is 2.08. The topological polar surface area (TPSA) is 90.4 Å². The molecule has 1 fully saturated rings. The molecule has 1 saturated heterocycles. The maximum absolute atomic E-state index is 12.2. The number of amides is 3. The van der Waals surface area contributed by atoms with Crippen LogP contribution in [0, 0.1) is 0 Å². The highest BCUT2D eigenvalue weighted by molar-refractivity contribution is 5.84. The van der Waals surface area contributed by atoms with Gasteiger partial charge < -0.3 is 24.5 Å². The number of nitrogens with zero attached hydrogens (tertiary/aromatic N) is 3. The van der Waals surface area contributed by atoms with E-state index in [0.29, 0.717) is 19.6 Å². The summed E-state index contributed by atoms with van der Waals surface area (Å²) in [5, 5.41) is 8.92. The van der Waals surface area contributed by atoms with Crippen molar-refractivity contribution in [3.8, 4) is 0 Å². The first-order valence-electron chi connectivity index (χ1n) is 7.02. The van der Waals surface area contributed by atoms with E-state index >= 15 is 0 Å². The molecule has 1 heterocycles. The number of rotatable bonds is 5. The van der Waals surface area contributed by atoms with E-state index in [0.717, 1.165) is 0 Å². The van der Waals surface area contributed by atoms with Crippen LogP contribution in [0.5, 0.6) is 0 Å². The van der Waals surface area contributed by atoms with Crippen LogP contribution in [-0.2, 0) is 14.3 Å². The second kappa shape index (κ2) is 7.82. The molecule has 0 saturated carbocycles. The summed E-state index contributed by atoms with van der Waals surface area (Å²) in [5.74, 6) is -1.21. The molecular weight excluding hydrogens is 278 g/mol. The Balaban J connectivity index is 2.57. The lowest BCUT2D eigenvalue weighted by atomic mass is 10.3. The van der Waals surface area contributed by atoms with Crippen molar-refractivity contribution in [2.45, 2.75) is 20.0 Å². The zero-order valence-electron chi connectivity index (χ0n) is 12.7. The number of hydrogen-bond acceptors (Lipinski definition) is 4. The van der Waals surface area contributed by atoms with E-state index in [1.165, 1.54) is 16.8 Å². The molecular formula is C13H23N3O5. The van der Waals surface area contributed by atoms with Crippen molar-refractivity contribution in [1.82, 2.24) is 14.7 Å². The van der Waals surface area contributed by atoms with Gasteiger partial charge in [-0.25, -0.2) is 9.59 Å². The molecule has 3 amide bonds. The Morgan fingerprint density at radius 2 is 1.90 bits per heavy atom. The van der Waals surface area contributed by atoms with Crippen molar-refractivity contribution in [2.24, 2.45) is 0 Å². The summed E-state index contributed by atoms with van der Waals surface area (Å²) in [6.45, 7) is 5.43. The van der Waals surface area contributed by atoms with Crippen LogP contribution in [0.2, 0.25) is 0 Å². The third-order valence-corrected chi connectivity index (χ3v) is 3.43. The Hall–Kier alpha value is -1.83. The number of ether oxygens (including phenoxy) is 1. The van der Waals surface area contributed by atoms with Crippen LogP contribution in [0.15, 0.2) is 0 Å². The summed E-state index contributed by atoms with van der Waals surface area (Å²) in [4.78, 5) is 39.5. The van der Waals surface area contributed by atoms with E-state index in [2.05, 4.69) is 0 Å². The number of carbonyl (C=O) groups excluding carboxylic acids is 2. The maximum atomic E-state index is 12.2. The highest BCUT2D eigenvalue weighted by atomic mass is 16.5. The number of morpholine rings is 1. The molecule has 0 aromatic rings. The molecule has 0 aliphatic carbocycles. The SMILES string of the molecule is CCN(CC)C(=O)CN(C)C(=O)N1CCOC(C(=O)O)C1. The molecule has 0 aromatic carbocycles. The van der Waals surface area contributed by atoms with Crippen LogP contribution >= 0.6 is 0 Å². The average Bonchev–Trinajstić information content (AvgIpc) is 2.47. The Morgan fingerprint density at radius 1 is 1.29 bits per heavy atom. The van der Waals surface area contributed by atoms with Gasteiger partial charge in [0.2, 0.25) is 5.91 Å². The normalized spacial score (nSPS) is 18.2. The predicted octanol–water partition coefficient (Wildman–Crippen LogP) is -0.308. The smallest absolute Gasteiger partial charge is 0.334 e. The highest BCUT2D eigenvalue weighted by Gasteiger charge is 2.31. The van der Waals surface area contributed by atoms with Crippen molar-refractivity contribution < 1.29 is 24.2 Å². The van der Waals surface area contributed by atoms with Crippen molar-refractivity contribution in [1.29, 1.82) is 0 Å². The number of carboxylic acids is 1. The van der Waals surface area contributed by atoms with E-state index < -0.39 is 12.1 Å². The van der Waals surface area contributed by atoms with Gasteiger partial charge in [-0.3, -0.25) is 4.79 Å². The number of hydrogen-bond donors (Lipinski definition) is 1. The number of likely N-dealkylation sites (N-methyl/N-ethyl adjacent to an activating group) is 2. The average molecular weight is 301 g/mol. The van der Waals surface area contributed by atoms with Gasteiger partial charge in [-0.2, -0.15) is 0 Å². The first kappa shape index (κ1) is 17.2. The summed E-state index contributed by atoms with van der Waals surface area (Å²) in [6, 6.07) is -0.356. The number of urea groups is 1. The molecule has 0 bridgehead atoms. The van der Waals surface area contributed by atoms with Crippen LogP contribution in [0.25, 0.3) is 0 Å². The Labute approximate surface area is 124 Å². The van der Waals surface area contributed by atoms with E-state index in [4.69, 9.17) is 9.84 Å². The van der Waals surface area contributed by atoms with Gasteiger partial charge in [-0.05, 0) is 13.8 Å². The van der Waals surface area contributed by atoms with E-state index in [1.54, 1.807) is 4.90 Å². The lowest BCUT2D eigenvalue weighted by Crippen LogP contribution is -2.53. The molecule has 0 radical (unpaired) electrons. The molecule has 8 nitrogen and oxygen atoms in total. The first-order chi connectivity index (χ1) is 9.90. The predicted molar refractivity (Wildman–Crippen MR) is 74.9 cm³/mol. The quantitative estimate of drug-likeness (QED) is 0.752. The minimum absolute atomic E-state index is 0.00202. The van der Waals surface area contributed by atoms with Gasteiger partial charge in [0.05, 0.1) is 13.2 Å². The van der Waals surface area contributed by atoms with Crippen LogP contribution < -0.4 is 0 Å². The van der Waals surface area contributed by atoms with Gasteiger partial charge in [-0.15, -0.1) is 0 Å². The third kappa shape index (κ3) is 4.59. The van der Waals surface area contributed by atoms with E-state index in [9.17, 15) is 14.4 Å². The van der Waals surface area contributed by atoms with Crippen molar-refractivity contribution in [3.05, 3.63) is 0 Å². The molecule has 0 spiro atoms. The van der Waals surface area contributed by atoms with Gasteiger partial charge in [0, 0.05) is 26.7 Å². The Kier molecular flexibility index (Phi) is 6.41. The summed E-state index contributed by atoms with van der Waals surface area (Å²) in [5.41, 5.74) is 0. The zero-order chi connectivity index (χ0) is 16.0. The van der Waals surface area contributed by atoms with Crippen LogP contribution in [0.4, 0.5) is 4.79 Å². The number of carboxylic acid groups (broad SMARTS) is 1. The van der Waals surface area contributed by atoms with Gasteiger partial charge in [0.15, 0.2) is 6.10 Å². The van der Waals surface area contributed by atoms with Crippen LogP contribution in [-0.4, -0.2) is 90.2 Å². The van der Waals surface area contributed by atoms with E-state index in [1.807, 2.05) is 13.8 Å². The molecule has 21 heavy (non-hydrogen) atoms. The van der Waals surface area contributed by atoms with Crippen molar-refractivity contribution in [2.75, 3.05) is 46.4 Å². The summed E-state index contributed by atoms with van der Waals surface area (Å²) in [7, 11) is 1.54. The number of aliphatic carboxylic acids is 1. The monoisotopic (exact) mass is 301 g/mol. The fraction of sp³-hybridized carbons (Fsp3) is 0.769. The second-order valence-corrected chi connectivity index (χ2v) is 4.85. The zero-order valence-corrected chi connectivity index (χ0v) is 12.7. The lowest BCUT2D eigenvalue weighted by molar-refractivity contribution is -0.154. The Morgan fingerprint density at radius 3 is 2.43 bits per heavy atom. The van der Waals surface area contributed by atoms with Crippen molar-refractivity contribution >= 4 is 17.9 Å². The largest absolute Gasteiger partial charge is 0.479 e. The third-order valence-electron chi connectivity index (χ3n) is 3.43. The van der Waals surface area contributed by atoms with Crippen LogP contribution in [0.1, 0.15) is 13.8 Å². The Bertz CT molecular complexity index is 397. The molecule has 1 atom stereocenters. The summed E-state index contributed by atoms with van der Waals surface area (Å²) >= 11 is 0. The number of carbonyl (C=O) groups is 3. The molecule has 1 unspecified atom stereocenters. The lowest BCUT2D eigenvalue weighted by Gasteiger charge is -2.34. The van der Waals surface area contributed by atoms with Gasteiger partial charge in [-0.1, -0.05) is 0 Å². The molecule has 1 aliphatic heterocycles. The fourth-order valence-corrected chi connectivity index (χ4v) is 2.16. The summed E-state index contributed by atoms with van der Waals surface area (Å²) < 4.78 is 5.07. The maximum Gasteiger partial charge on any atom is 0.334 e. The second-order valence-electron chi connectivity index (χ2n) is 4.85. The molecule has 1 N–H and O–H groups in total. The van der Waals surface area contributed by atoms with Gasteiger partial charge in [0.25, 0.3) is 0 Å². The molecule has 1 aliphatic rings. The molecule has 1 rings (SSSR count). The minimum atomic E-state index is -1.09. The molecule has 0 aromatic heterocycles. The van der Waals surface area contributed by atoms with Gasteiger partial charge in [0.1, 0.15) is 6.54 Å². The summed E-state index contributed by atoms with van der Waals surface area (Å²) in [6.07, 6.45) is -1.01. The standard InChI is InChI=1S/C13H23N3O5/c1-4-15(5-2)11(17)9-14(3)13(20)16-6-7-21-10(8-16)12(18)19/h10H,4-9H2,1-3H3,(H,18,19). The van der Waals surface area contributed by atoms with E-state index in [-0.39, 0.29) is 31.6 Å². The first-order valence-corrected chi connectivity index (χ1v) is 7.02. The van der Waals surface area contributed by atoms with Gasteiger partial charge >= 0.3 is 12.0 Å².